The third kappa shape index (κ3) is 2.36. The minimum atomic E-state index is -0.685. The van der Waals surface area contributed by atoms with E-state index in [0.29, 0.717) is 25.8 Å². The summed E-state index contributed by atoms with van der Waals surface area (Å²) >= 11 is 0. The van der Waals surface area contributed by atoms with Gasteiger partial charge in [-0.15, -0.1) is 0 Å². The number of hydrogen-bond acceptors (Lipinski definition) is 5. The van der Waals surface area contributed by atoms with Crippen molar-refractivity contribution >= 4 is 17.8 Å². The highest BCUT2D eigenvalue weighted by Gasteiger charge is 2.49. The van der Waals surface area contributed by atoms with E-state index in [1.165, 1.54) is 4.90 Å². The smallest absolute Gasteiger partial charge is 0.325 e. The Bertz CT molecular complexity index is 594. The van der Waals surface area contributed by atoms with Gasteiger partial charge in [-0.1, -0.05) is 0 Å². The minimum absolute atomic E-state index is 0.107. The second-order valence-corrected chi connectivity index (χ2v) is 6.69. The SMILES string of the molecule is CN1C(=O)NC(=O)C2CC(C(=O)N(C)C3(C#N)CCC3)CNC21. The number of urea groups is 1. The van der Waals surface area contributed by atoms with Gasteiger partial charge in [0, 0.05) is 20.6 Å². The van der Waals surface area contributed by atoms with E-state index in [1.807, 2.05) is 0 Å². The van der Waals surface area contributed by atoms with Gasteiger partial charge in [0.15, 0.2) is 0 Å². The molecule has 1 saturated carbocycles. The van der Waals surface area contributed by atoms with Crippen molar-refractivity contribution in [3.63, 3.8) is 0 Å². The van der Waals surface area contributed by atoms with Gasteiger partial charge in [0.1, 0.15) is 5.54 Å². The first-order valence-electron chi connectivity index (χ1n) is 7.89. The zero-order chi connectivity index (χ0) is 16.8. The first kappa shape index (κ1) is 15.7. The second-order valence-electron chi connectivity index (χ2n) is 6.69. The third-order valence-electron chi connectivity index (χ3n) is 5.51. The first-order valence-corrected chi connectivity index (χ1v) is 7.89. The third-order valence-corrected chi connectivity index (χ3v) is 5.51. The van der Waals surface area contributed by atoms with Gasteiger partial charge in [-0.3, -0.25) is 20.2 Å². The predicted octanol–water partition coefficient (Wildman–Crippen LogP) is -0.376. The van der Waals surface area contributed by atoms with Gasteiger partial charge in [-0.25, -0.2) is 4.79 Å². The summed E-state index contributed by atoms with van der Waals surface area (Å²) in [5.41, 5.74) is -0.685. The van der Waals surface area contributed by atoms with Crippen LogP contribution >= 0.6 is 0 Å². The normalized spacial score (nSPS) is 32.2. The fourth-order valence-corrected chi connectivity index (χ4v) is 3.70. The Balaban J connectivity index is 1.72. The van der Waals surface area contributed by atoms with E-state index in [4.69, 9.17) is 0 Å². The van der Waals surface area contributed by atoms with Gasteiger partial charge in [0.2, 0.25) is 11.8 Å². The molecule has 0 radical (unpaired) electrons. The van der Waals surface area contributed by atoms with Crippen molar-refractivity contribution in [2.75, 3.05) is 20.6 Å². The monoisotopic (exact) mass is 319 g/mol. The molecular weight excluding hydrogens is 298 g/mol. The second kappa shape index (κ2) is 5.49. The van der Waals surface area contributed by atoms with Crippen LogP contribution in [0.2, 0.25) is 0 Å². The molecular formula is C15H21N5O3. The lowest BCUT2D eigenvalue weighted by atomic mass is 9.75. The van der Waals surface area contributed by atoms with Crippen molar-refractivity contribution in [2.24, 2.45) is 11.8 Å². The molecule has 3 aliphatic rings. The molecule has 0 aromatic carbocycles. The van der Waals surface area contributed by atoms with Crippen LogP contribution in [0.15, 0.2) is 0 Å². The molecule has 0 spiro atoms. The van der Waals surface area contributed by atoms with E-state index in [9.17, 15) is 19.6 Å². The van der Waals surface area contributed by atoms with Crippen LogP contribution in [-0.4, -0.2) is 60.0 Å². The largest absolute Gasteiger partial charge is 0.327 e. The summed E-state index contributed by atoms with van der Waals surface area (Å²) in [5.74, 6) is -1.26. The molecule has 3 rings (SSSR count). The van der Waals surface area contributed by atoms with Gasteiger partial charge in [-0.2, -0.15) is 5.26 Å². The van der Waals surface area contributed by atoms with Gasteiger partial charge < -0.3 is 9.80 Å². The van der Waals surface area contributed by atoms with Crippen LogP contribution in [0, 0.1) is 23.2 Å². The molecule has 3 unspecified atom stereocenters. The van der Waals surface area contributed by atoms with Crippen LogP contribution < -0.4 is 10.6 Å². The number of amides is 4. The summed E-state index contributed by atoms with van der Waals surface area (Å²) < 4.78 is 0. The number of piperidine rings is 1. The quantitative estimate of drug-likeness (QED) is 0.722. The van der Waals surface area contributed by atoms with Crippen molar-refractivity contribution in [1.82, 2.24) is 20.4 Å². The number of hydrogen-bond donors (Lipinski definition) is 2. The molecule has 124 valence electrons. The van der Waals surface area contributed by atoms with E-state index in [0.717, 1.165) is 6.42 Å². The number of carbonyl (C=O) groups excluding carboxylic acids is 3. The molecule has 3 fully saturated rings. The topological polar surface area (TPSA) is 106 Å². The number of carbonyl (C=O) groups is 3. The molecule has 2 heterocycles. The zero-order valence-electron chi connectivity index (χ0n) is 13.3. The number of rotatable bonds is 2. The van der Waals surface area contributed by atoms with Gasteiger partial charge in [0.25, 0.3) is 0 Å². The Hall–Kier alpha value is -2.14. The van der Waals surface area contributed by atoms with Crippen LogP contribution in [-0.2, 0) is 9.59 Å². The number of nitrogens with zero attached hydrogens (tertiary/aromatic N) is 3. The van der Waals surface area contributed by atoms with E-state index in [2.05, 4.69) is 16.7 Å². The predicted molar refractivity (Wildman–Crippen MR) is 79.7 cm³/mol. The molecule has 8 heteroatoms. The molecule has 23 heavy (non-hydrogen) atoms. The van der Waals surface area contributed by atoms with Crippen molar-refractivity contribution in [3.8, 4) is 6.07 Å². The number of nitrogens with one attached hydrogen (secondary N) is 2. The molecule has 3 atom stereocenters. The molecule has 0 aromatic rings. The Kier molecular flexibility index (Phi) is 3.76. The van der Waals surface area contributed by atoms with Crippen molar-refractivity contribution in [2.45, 2.75) is 37.4 Å². The van der Waals surface area contributed by atoms with Gasteiger partial charge in [0.05, 0.1) is 24.1 Å². The van der Waals surface area contributed by atoms with Crippen molar-refractivity contribution in [3.05, 3.63) is 0 Å². The highest BCUT2D eigenvalue weighted by Crippen LogP contribution is 2.38. The van der Waals surface area contributed by atoms with Crippen LogP contribution in [0.1, 0.15) is 25.7 Å². The average Bonchev–Trinajstić information content (AvgIpc) is 2.51. The Labute approximate surface area is 134 Å². The van der Waals surface area contributed by atoms with Crippen LogP contribution in [0.4, 0.5) is 4.79 Å². The van der Waals surface area contributed by atoms with Crippen LogP contribution in [0.3, 0.4) is 0 Å². The summed E-state index contributed by atoms with van der Waals surface area (Å²) in [6.07, 6.45) is 2.37. The molecule has 2 aliphatic heterocycles. The molecule has 8 nitrogen and oxygen atoms in total. The van der Waals surface area contributed by atoms with Crippen molar-refractivity contribution < 1.29 is 14.4 Å². The van der Waals surface area contributed by atoms with E-state index < -0.39 is 17.5 Å². The lowest BCUT2D eigenvalue weighted by Gasteiger charge is -2.47. The molecule has 2 N–H and O–H groups in total. The highest BCUT2D eigenvalue weighted by atomic mass is 16.2. The fraction of sp³-hybridized carbons (Fsp3) is 0.733. The molecule has 2 saturated heterocycles. The van der Waals surface area contributed by atoms with E-state index in [1.54, 1.807) is 19.0 Å². The highest BCUT2D eigenvalue weighted by molar-refractivity contribution is 5.98. The molecule has 1 aliphatic carbocycles. The summed E-state index contributed by atoms with van der Waals surface area (Å²) in [6, 6.07) is 1.84. The van der Waals surface area contributed by atoms with Crippen molar-refractivity contribution in [1.29, 1.82) is 5.26 Å². The minimum Gasteiger partial charge on any atom is -0.327 e. The van der Waals surface area contributed by atoms with E-state index >= 15 is 0 Å². The van der Waals surface area contributed by atoms with Gasteiger partial charge >= 0.3 is 6.03 Å². The lowest BCUT2D eigenvalue weighted by molar-refractivity contribution is -0.144. The van der Waals surface area contributed by atoms with E-state index in [-0.39, 0.29) is 23.9 Å². The zero-order valence-corrected chi connectivity index (χ0v) is 13.3. The maximum atomic E-state index is 12.7. The molecule has 4 amide bonds. The Morgan fingerprint density at radius 2 is 2.13 bits per heavy atom. The van der Waals surface area contributed by atoms with Crippen LogP contribution in [0.5, 0.6) is 0 Å². The maximum Gasteiger partial charge on any atom is 0.325 e. The molecule has 0 aromatic heterocycles. The summed E-state index contributed by atoms with van der Waals surface area (Å²) in [7, 11) is 3.30. The number of fused-ring (bicyclic) bond motifs is 1. The summed E-state index contributed by atoms with van der Waals surface area (Å²) in [5, 5.41) is 14.8. The first-order chi connectivity index (χ1) is 10.9. The number of imide groups is 1. The van der Waals surface area contributed by atoms with Gasteiger partial charge in [-0.05, 0) is 25.7 Å². The molecule has 0 bridgehead atoms. The average molecular weight is 319 g/mol. The maximum absolute atomic E-state index is 12.7. The lowest BCUT2D eigenvalue weighted by Crippen LogP contribution is -2.67. The Morgan fingerprint density at radius 3 is 2.70 bits per heavy atom. The Morgan fingerprint density at radius 1 is 1.43 bits per heavy atom. The standard InChI is InChI=1S/C15H21N5O3/c1-19-11-10(12(21)18-14(19)23)6-9(7-17-11)13(22)20(2)15(8-16)4-3-5-15/h9-11,17H,3-7H2,1-2H3,(H,18,21,23). The van der Waals surface area contributed by atoms with Crippen LogP contribution in [0.25, 0.3) is 0 Å². The number of nitriles is 1. The fourth-order valence-electron chi connectivity index (χ4n) is 3.70. The summed E-state index contributed by atoms with van der Waals surface area (Å²) in [6.45, 7) is 0.400. The summed E-state index contributed by atoms with van der Waals surface area (Å²) in [4.78, 5) is 39.5.